The van der Waals surface area contributed by atoms with Gasteiger partial charge in [0.15, 0.2) is 0 Å². The van der Waals surface area contributed by atoms with Crippen molar-refractivity contribution in [3.05, 3.63) is 102 Å². The number of hydrogen-bond acceptors (Lipinski definition) is 6. The third-order valence-corrected chi connectivity index (χ3v) is 5.72. The molecule has 5 rings (SSSR count). The van der Waals surface area contributed by atoms with Crippen molar-refractivity contribution >= 4 is 0 Å². The fraction of sp³-hybridized carbons (Fsp3) is 0.240. The van der Waals surface area contributed by atoms with E-state index in [2.05, 4.69) is 85.6 Å². The van der Waals surface area contributed by atoms with Gasteiger partial charge in [-0.3, -0.25) is 14.8 Å². The minimum Gasteiger partial charge on any atom is -0.337 e. The van der Waals surface area contributed by atoms with E-state index in [9.17, 15) is 0 Å². The van der Waals surface area contributed by atoms with Crippen LogP contribution in [0, 0.1) is 0 Å². The van der Waals surface area contributed by atoms with Crippen LogP contribution < -0.4 is 0 Å². The topological polar surface area (TPSA) is 58.3 Å². The van der Waals surface area contributed by atoms with Crippen molar-refractivity contribution in [2.45, 2.75) is 12.6 Å². The van der Waals surface area contributed by atoms with Gasteiger partial charge in [-0.1, -0.05) is 71.9 Å². The summed E-state index contributed by atoms with van der Waals surface area (Å²) in [6.45, 7) is 4.54. The molecule has 0 atom stereocenters. The van der Waals surface area contributed by atoms with E-state index in [0.29, 0.717) is 18.3 Å². The second-order valence-electron chi connectivity index (χ2n) is 7.76. The molecule has 6 nitrogen and oxygen atoms in total. The minimum absolute atomic E-state index is 0.267. The number of benzene rings is 2. The smallest absolute Gasteiger partial charge is 0.241 e. The molecule has 1 aliphatic heterocycles. The van der Waals surface area contributed by atoms with Crippen molar-refractivity contribution in [3.63, 3.8) is 0 Å². The summed E-state index contributed by atoms with van der Waals surface area (Å²) in [6, 6.07) is 27.5. The summed E-state index contributed by atoms with van der Waals surface area (Å²) in [7, 11) is 0. The molecule has 2 aromatic carbocycles. The largest absolute Gasteiger partial charge is 0.337 e. The molecule has 1 saturated heterocycles. The Hall–Kier alpha value is -3.35. The van der Waals surface area contributed by atoms with E-state index in [0.717, 1.165) is 31.9 Å². The lowest BCUT2D eigenvalue weighted by atomic mass is 9.96. The first-order valence-corrected chi connectivity index (χ1v) is 10.7. The predicted octanol–water partition coefficient (Wildman–Crippen LogP) is 4.04. The molecule has 0 aliphatic carbocycles. The lowest BCUT2D eigenvalue weighted by molar-refractivity contribution is 0.0966. The molecule has 0 radical (unpaired) electrons. The fourth-order valence-electron chi connectivity index (χ4n) is 4.17. The van der Waals surface area contributed by atoms with Crippen LogP contribution in [-0.2, 0) is 6.54 Å². The number of aromatic nitrogens is 3. The fourth-order valence-corrected chi connectivity index (χ4v) is 4.17. The van der Waals surface area contributed by atoms with Crippen LogP contribution in [0.4, 0.5) is 0 Å². The molecule has 1 fully saturated rings. The van der Waals surface area contributed by atoms with E-state index < -0.39 is 0 Å². The molecule has 4 aromatic rings. The average Bonchev–Trinajstić information content (AvgIpc) is 3.31. The van der Waals surface area contributed by atoms with Gasteiger partial charge in [-0.15, -0.1) is 0 Å². The summed E-state index contributed by atoms with van der Waals surface area (Å²) in [5.74, 6) is 1.18. The van der Waals surface area contributed by atoms with Crippen LogP contribution >= 0.6 is 0 Å². The minimum atomic E-state index is 0.267. The highest BCUT2D eigenvalue weighted by atomic mass is 16.5. The number of hydrogen-bond donors (Lipinski definition) is 0. The maximum atomic E-state index is 5.48. The van der Waals surface area contributed by atoms with Gasteiger partial charge in [-0.25, -0.2) is 0 Å². The van der Waals surface area contributed by atoms with Crippen molar-refractivity contribution in [3.8, 4) is 11.5 Å². The van der Waals surface area contributed by atoms with E-state index >= 15 is 0 Å². The highest BCUT2D eigenvalue weighted by molar-refractivity contribution is 5.47. The summed E-state index contributed by atoms with van der Waals surface area (Å²) < 4.78 is 5.48. The lowest BCUT2D eigenvalue weighted by Gasteiger charge is -2.39. The lowest BCUT2D eigenvalue weighted by Crippen LogP contribution is -2.47. The number of pyridine rings is 1. The van der Waals surface area contributed by atoms with Crippen molar-refractivity contribution in [2.24, 2.45) is 0 Å². The molecule has 0 N–H and O–H groups in total. The maximum absolute atomic E-state index is 5.48. The Bertz CT molecular complexity index is 1040. The molecule has 1 aliphatic rings. The number of piperazine rings is 1. The van der Waals surface area contributed by atoms with Crippen LogP contribution in [0.15, 0.2) is 89.6 Å². The molecule has 0 saturated carbocycles. The Kier molecular flexibility index (Phi) is 5.82. The van der Waals surface area contributed by atoms with Gasteiger partial charge in [-0.2, -0.15) is 4.98 Å². The Balaban J connectivity index is 1.26. The predicted molar refractivity (Wildman–Crippen MR) is 119 cm³/mol. The average molecular weight is 412 g/mol. The van der Waals surface area contributed by atoms with E-state index in [-0.39, 0.29) is 6.04 Å². The summed E-state index contributed by atoms with van der Waals surface area (Å²) >= 11 is 0. The molecule has 2 aromatic heterocycles. The summed E-state index contributed by atoms with van der Waals surface area (Å²) in [4.78, 5) is 13.8. The zero-order valence-corrected chi connectivity index (χ0v) is 17.3. The van der Waals surface area contributed by atoms with Crippen LogP contribution in [0.5, 0.6) is 0 Å². The second kappa shape index (κ2) is 9.20. The molecule has 0 unspecified atom stereocenters. The van der Waals surface area contributed by atoms with E-state index in [1.807, 2.05) is 18.2 Å². The van der Waals surface area contributed by atoms with Gasteiger partial charge in [0.2, 0.25) is 11.7 Å². The quantitative estimate of drug-likeness (QED) is 0.477. The van der Waals surface area contributed by atoms with Crippen molar-refractivity contribution < 1.29 is 4.52 Å². The third-order valence-electron chi connectivity index (χ3n) is 5.72. The molecule has 31 heavy (non-hydrogen) atoms. The highest BCUT2D eigenvalue weighted by Crippen LogP contribution is 2.29. The van der Waals surface area contributed by atoms with Gasteiger partial charge in [-0.05, 0) is 23.3 Å². The van der Waals surface area contributed by atoms with Gasteiger partial charge >= 0.3 is 0 Å². The summed E-state index contributed by atoms with van der Waals surface area (Å²) in [5.41, 5.74) is 3.40. The Labute approximate surface area is 182 Å². The molecule has 156 valence electrons. The zero-order valence-electron chi connectivity index (χ0n) is 17.3. The summed E-state index contributed by atoms with van der Waals surface area (Å²) in [6.07, 6.45) is 1.74. The number of rotatable bonds is 6. The molecule has 3 heterocycles. The van der Waals surface area contributed by atoms with E-state index in [4.69, 9.17) is 4.52 Å². The van der Waals surface area contributed by atoms with Gasteiger partial charge in [0, 0.05) is 32.4 Å². The van der Waals surface area contributed by atoms with E-state index in [1.165, 1.54) is 11.1 Å². The Morgan fingerprint density at radius 2 is 1.42 bits per heavy atom. The first-order valence-electron chi connectivity index (χ1n) is 10.7. The molecular formula is C25H25N5O. The first kappa shape index (κ1) is 19.6. The number of nitrogens with zero attached hydrogens (tertiary/aromatic N) is 5. The van der Waals surface area contributed by atoms with Gasteiger partial charge in [0.1, 0.15) is 5.69 Å². The third kappa shape index (κ3) is 4.55. The van der Waals surface area contributed by atoms with Crippen molar-refractivity contribution in [1.29, 1.82) is 0 Å². The van der Waals surface area contributed by atoms with Crippen LogP contribution in [0.2, 0.25) is 0 Å². The summed E-state index contributed by atoms with van der Waals surface area (Å²) in [5, 5.41) is 4.09. The van der Waals surface area contributed by atoms with Crippen molar-refractivity contribution in [2.75, 3.05) is 26.2 Å². The maximum Gasteiger partial charge on any atom is 0.241 e. The van der Waals surface area contributed by atoms with Crippen LogP contribution in [0.3, 0.4) is 0 Å². The second-order valence-corrected chi connectivity index (χ2v) is 7.76. The molecule has 0 amide bonds. The van der Waals surface area contributed by atoms with Gasteiger partial charge < -0.3 is 4.52 Å². The van der Waals surface area contributed by atoms with Crippen LogP contribution in [-0.4, -0.2) is 51.1 Å². The monoisotopic (exact) mass is 411 g/mol. The van der Waals surface area contributed by atoms with Gasteiger partial charge in [0.05, 0.1) is 12.6 Å². The molecule has 0 spiro atoms. The Morgan fingerprint density at radius 3 is 2.03 bits per heavy atom. The molecule has 0 bridgehead atoms. The van der Waals surface area contributed by atoms with Crippen molar-refractivity contribution in [1.82, 2.24) is 24.9 Å². The van der Waals surface area contributed by atoms with Crippen LogP contribution in [0.25, 0.3) is 11.5 Å². The van der Waals surface area contributed by atoms with Crippen LogP contribution in [0.1, 0.15) is 23.1 Å². The standard InChI is InChI=1S/C25H25N5O/c1-3-9-20(10-4-1)24(21-11-5-2-6-12-21)30-17-15-29(16-18-30)19-23-27-25(28-31-23)22-13-7-8-14-26-22/h1-14,24H,15-19H2. The van der Waals surface area contributed by atoms with E-state index in [1.54, 1.807) is 6.20 Å². The Morgan fingerprint density at radius 1 is 0.774 bits per heavy atom. The normalized spacial score (nSPS) is 15.4. The molecular weight excluding hydrogens is 386 g/mol. The zero-order chi connectivity index (χ0) is 20.9. The first-order chi connectivity index (χ1) is 15.4. The SMILES string of the molecule is c1ccc(C(c2ccccc2)N2CCN(Cc3nc(-c4ccccn4)no3)CC2)cc1. The molecule has 6 heteroatoms. The highest BCUT2D eigenvalue weighted by Gasteiger charge is 2.27. The van der Waals surface area contributed by atoms with Gasteiger partial charge in [0.25, 0.3) is 0 Å².